The van der Waals surface area contributed by atoms with Crippen molar-refractivity contribution in [1.29, 1.82) is 0 Å². The van der Waals surface area contributed by atoms with E-state index in [1.807, 2.05) is 0 Å². The van der Waals surface area contributed by atoms with Crippen molar-refractivity contribution in [2.75, 3.05) is 7.11 Å². The molecule has 32 heavy (non-hydrogen) atoms. The van der Waals surface area contributed by atoms with Gasteiger partial charge in [0.25, 0.3) is 0 Å². The van der Waals surface area contributed by atoms with Crippen LogP contribution in [0.1, 0.15) is 105 Å². The fourth-order valence-corrected chi connectivity index (χ4v) is 9.83. The summed E-state index contributed by atoms with van der Waals surface area (Å²) in [6.07, 6.45) is 13.3. The fraction of sp³-hybridized carbons (Fsp3) is 0.966. The van der Waals surface area contributed by atoms with Gasteiger partial charge in [-0.3, -0.25) is 4.79 Å². The summed E-state index contributed by atoms with van der Waals surface area (Å²) in [7, 11) is 1.49. The lowest BCUT2D eigenvalue weighted by molar-refractivity contribution is -0.179. The molecule has 4 fully saturated rings. The minimum Gasteiger partial charge on any atom is -0.469 e. The van der Waals surface area contributed by atoms with Crippen LogP contribution >= 0.6 is 0 Å². The summed E-state index contributed by atoms with van der Waals surface area (Å²) >= 11 is 0. The molecular weight excluding hydrogens is 396 g/mol. The van der Waals surface area contributed by atoms with Gasteiger partial charge in [-0.05, 0) is 104 Å². The van der Waals surface area contributed by atoms with E-state index in [0.29, 0.717) is 11.3 Å². The Morgan fingerprint density at radius 3 is 2.25 bits per heavy atom. The Bertz CT molecular complexity index is 673. The van der Waals surface area contributed by atoms with E-state index in [1.165, 1.54) is 58.5 Å². The van der Waals surface area contributed by atoms with Gasteiger partial charge >= 0.3 is 5.97 Å². The number of rotatable bonds is 6. The minimum atomic E-state index is -0.520. The van der Waals surface area contributed by atoms with Gasteiger partial charge < -0.3 is 9.84 Å². The van der Waals surface area contributed by atoms with Crippen molar-refractivity contribution in [2.45, 2.75) is 111 Å². The topological polar surface area (TPSA) is 46.5 Å². The van der Waals surface area contributed by atoms with Gasteiger partial charge in [-0.2, -0.15) is 0 Å². The Morgan fingerprint density at radius 2 is 1.56 bits per heavy atom. The molecule has 0 aliphatic heterocycles. The zero-order valence-electron chi connectivity index (χ0n) is 21.7. The molecule has 4 aliphatic carbocycles. The van der Waals surface area contributed by atoms with Crippen LogP contribution in [0, 0.1) is 58.2 Å². The van der Waals surface area contributed by atoms with Gasteiger partial charge in [-0.1, -0.05) is 53.9 Å². The Hall–Kier alpha value is -0.570. The van der Waals surface area contributed by atoms with Crippen molar-refractivity contribution in [3.63, 3.8) is 0 Å². The van der Waals surface area contributed by atoms with E-state index in [9.17, 15) is 9.90 Å². The van der Waals surface area contributed by atoms with Crippen LogP contribution in [-0.4, -0.2) is 24.3 Å². The number of hydrogen-bond acceptors (Lipinski definition) is 3. The minimum absolute atomic E-state index is 0.177. The normalized spacial score (nSPS) is 46.8. The van der Waals surface area contributed by atoms with Crippen LogP contribution < -0.4 is 0 Å². The van der Waals surface area contributed by atoms with Crippen LogP contribution in [-0.2, 0) is 9.53 Å². The summed E-state index contributed by atoms with van der Waals surface area (Å²) in [6.45, 7) is 12.4. The molecule has 0 bridgehead atoms. The number of carbonyl (C=O) groups excluding carboxylic acids is 1. The lowest BCUT2D eigenvalue weighted by Gasteiger charge is -2.62. The summed E-state index contributed by atoms with van der Waals surface area (Å²) in [6, 6.07) is 0. The number of esters is 1. The Kier molecular flexibility index (Phi) is 7.08. The van der Waals surface area contributed by atoms with Gasteiger partial charge in [0.15, 0.2) is 0 Å². The molecule has 4 rings (SSSR count). The molecule has 4 aliphatic rings. The first kappa shape index (κ1) is 24.6. The third-order valence-corrected chi connectivity index (χ3v) is 11.4. The van der Waals surface area contributed by atoms with Gasteiger partial charge in [0.2, 0.25) is 0 Å². The first-order chi connectivity index (χ1) is 15.1. The molecule has 0 heterocycles. The molecule has 4 saturated carbocycles. The Morgan fingerprint density at radius 1 is 0.906 bits per heavy atom. The highest BCUT2D eigenvalue weighted by Crippen LogP contribution is 2.69. The van der Waals surface area contributed by atoms with Gasteiger partial charge in [-0.25, -0.2) is 0 Å². The van der Waals surface area contributed by atoms with E-state index in [1.54, 1.807) is 0 Å². The number of aliphatic hydroxyl groups excluding tert-OH is 1. The number of hydrogen-bond donors (Lipinski definition) is 1. The van der Waals surface area contributed by atoms with Crippen LogP contribution in [0.4, 0.5) is 0 Å². The second-order valence-corrected chi connectivity index (χ2v) is 13.3. The van der Waals surface area contributed by atoms with Gasteiger partial charge in [-0.15, -0.1) is 0 Å². The van der Waals surface area contributed by atoms with Crippen molar-refractivity contribution in [2.24, 2.45) is 58.2 Å². The summed E-state index contributed by atoms with van der Waals surface area (Å²) in [5.74, 6) is 4.75. The fourth-order valence-electron chi connectivity index (χ4n) is 9.83. The average Bonchev–Trinajstić information content (AvgIpc) is 3.10. The van der Waals surface area contributed by atoms with Crippen molar-refractivity contribution in [3.05, 3.63) is 0 Å². The second-order valence-electron chi connectivity index (χ2n) is 13.3. The van der Waals surface area contributed by atoms with E-state index in [0.717, 1.165) is 48.9 Å². The van der Waals surface area contributed by atoms with Crippen molar-refractivity contribution >= 4 is 5.97 Å². The van der Waals surface area contributed by atoms with Crippen LogP contribution in [0.25, 0.3) is 0 Å². The van der Waals surface area contributed by atoms with Crippen LogP contribution in [0.15, 0.2) is 0 Å². The zero-order valence-corrected chi connectivity index (χ0v) is 21.7. The Balaban J connectivity index is 1.50. The molecule has 3 nitrogen and oxygen atoms in total. The van der Waals surface area contributed by atoms with Gasteiger partial charge in [0.05, 0.1) is 19.1 Å². The summed E-state index contributed by atoms with van der Waals surface area (Å²) in [5.41, 5.74) is 0.695. The van der Waals surface area contributed by atoms with Crippen molar-refractivity contribution < 1.29 is 14.6 Å². The first-order valence-electron chi connectivity index (χ1n) is 13.9. The maximum absolute atomic E-state index is 12.6. The largest absolute Gasteiger partial charge is 0.469 e. The predicted molar refractivity (Wildman–Crippen MR) is 130 cm³/mol. The van der Waals surface area contributed by atoms with Gasteiger partial charge in [0, 0.05) is 0 Å². The molecule has 0 unspecified atom stereocenters. The molecule has 184 valence electrons. The number of methoxy groups -OCH3 is 1. The van der Waals surface area contributed by atoms with Crippen LogP contribution in [0.2, 0.25) is 0 Å². The second kappa shape index (κ2) is 9.23. The van der Waals surface area contributed by atoms with E-state index < -0.39 is 6.10 Å². The quantitative estimate of drug-likeness (QED) is 0.453. The summed E-state index contributed by atoms with van der Waals surface area (Å²) in [5, 5.41) is 10.7. The van der Waals surface area contributed by atoms with Crippen molar-refractivity contribution in [3.8, 4) is 0 Å². The van der Waals surface area contributed by atoms with E-state index in [2.05, 4.69) is 34.6 Å². The molecule has 3 heteroatoms. The monoisotopic (exact) mass is 446 g/mol. The number of carbonyl (C=O) groups is 1. The summed E-state index contributed by atoms with van der Waals surface area (Å²) in [4.78, 5) is 12.6. The SMILES string of the molecule is COC(=O)[C@@H]1[C@H](O)CC[C@]2(C)[C@H]3CC[C@]4(C)[C@@H]([C@H](C)CCCC(C)C)CC[C@H]4[C@@H]3CC[C@@H]12. The predicted octanol–water partition coefficient (Wildman–Crippen LogP) is 6.87. The lowest BCUT2D eigenvalue weighted by Crippen LogP contribution is -2.58. The number of aliphatic hydroxyl groups is 1. The molecule has 0 amide bonds. The highest BCUT2D eigenvalue weighted by molar-refractivity contribution is 5.73. The lowest BCUT2D eigenvalue weighted by atomic mass is 9.43. The van der Waals surface area contributed by atoms with Gasteiger partial charge in [0.1, 0.15) is 0 Å². The molecule has 0 radical (unpaired) electrons. The third-order valence-electron chi connectivity index (χ3n) is 11.4. The molecule has 0 aromatic heterocycles. The molecule has 0 spiro atoms. The molecule has 0 saturated heterocycles. The van der Waals surface area contributed by atoms with Crippen molar-refractivity contribution in [1.82, 2.24) is 0 Å². The highest BCUT2D eigenvalue weighted by Gasteiger charge is 2.62. The zero-order chi connectivity index (χ0) is 23.3. The molecule has 0 aromatic carbocycles. The van der Waals surface area contributed by atoms with Crippen LogP contribution in [0.5, 0.6) is 0 Å². The average molecular weight is 447 g/mol. The molecular formula is C29H50O3. The summed E-state index contributed by atoms with van der Waals surface area (Å²) < 4.78 is 5.16. The van der Waals surface area contributed by atoms with E-state index >= 15 is 0 Å². The molecule has 0 aromatic rings. The van der Waals surface area contributed by atoms with E-state index in [-0.39, 0.29) is 23.2 Å². The maximum Gasteiger partial charge on any atom is 0.311 e. The Labute approximate surface area is 197 Å². The van der Waals surface area contributed by atoms with E-state index in [4.69, 9.17) is 4.74 Å². The van der Waals surface area contributed by atoms with Crippen LogP contribution in [0.3, 0.4) is 0 Å². The number of fused-ring (bicyclic) bond motifs is 5. The standard InChI is InChI=1S/C29H50O3/c1-18(2)8-7-9-19(3)21-12-13-22-20-10-11-24-26(27(31)32-6)25(30)15-17-29(24,5)23(20)14-16-28(21,22)4/h18-26,30H,7-17H2,1-6H3/t19-,20+,21-,22+,23+,24+,25-,26+,28-,29-/m1/s1. The molecule has 1 N–H and O–H groups in total. The maximum atomic E-state index is 12.6. The number of ether oxygens (including phenoxy) is 1. The smallest absolute Gasteiger partial charge is 0.311 e. The molecule has 10 atom stereocenters. The third kappa shape index (κ3) is 3.97. The first-order valence-corrected chi connectivity index (χ1v) is 13.9. The highest BCUT2D eigenvalue weighted by atomic mass is 16.5.